The van der Waals surface area contributed by atoms with Crippen LogP contribution < -0.4 is 10.6 Å². The Hall–Kier alpha value is -2.33. The van der Waals surface area contributed by atoms with Crippen LogP contribution in [0.2, 0.25) is 0 Å². The predicted octanol–water partition coefficient (Wildman–Crippen LogP) is 3.79. The van der Waals surface area contributed by atoms with E-state index in [1.165, 1.54) is 16.9 Å². The second-order valence-electron chi connectivity index (χ2n) is 5.25. The van der Waals surface area contributed by atoms with Crippen molar-refractivity contribution >= 4 is 17.0 Å². The summed E-state index contributed by atoms with van der Waals surface area (Å²) in [5.41, 5.74) is 9.81. The van der Waals surface area contributed by atoms with Gasteiger partial charge >= 0.3 is 4.87 Å². The first-order valence-electron chi connectivity index (χ1n) is 7.32. The maximum atomic E-state index is 12.1. The summed E-state index contributed by atoms with van der Waals surface area (Å²) < 4.78 is 1.85. The average Bonchev–Trinajstić information content (AvgIpc) is 2.90. The molecule has 0 atom stereocenters. The lowest BCUT2D eigenvalue weighted by molar-refractivity contribution is 0.639. The van der Waals surface area contributed by atoms with Crippen molar-refractivity contribution < 1.29 is 0 Å². The summed E-state index contributed by atoms with van der Waals surface area (Å²) in [6, 6.07) is 18.0. The fourth-order valence-corrected chi connectivity index (χ4v) is 3.34. The number of hydrogen-bond donors (Lipinski definition) is 1. The third kappa shape index (κ3) is 3.28. The molecule has 0 fully saturated rings. The minimum atomic E-state index is 0.0884. The van der Waals surface area contributed by atoms with E-state index in [4.69, 9.17) is 5.73 Å². The van der Waals surface area contributed by atoms with E-state index in [2.05, 4.69) is 12.1 Å². The molecule has 2 N–H and O–H groups in total. The summed E-state index contributed by atoms with van der Waals surface area (Å²) in [5.74, 6) is 0. The van der Waals surface area contributed by atoms with Gasteiger partial charge in [0.2, 0.25) is 0 Å². The third-order valence-corrected chi connectivity index (χ3v) is 4.42. The average molecular weight is 310 g/mol. The molecule has 0 amide bonds. The van der Waals surface area contributed by atoms with E-state index in [0.717, 1.165) is 30.6 Å². The molecule has 112 valence electrons. The Bertz CT molecular complexity index is 805. The molecule has 3 rings (SSSR count). The highest BCUT2D eigenvalue weighted by Gasteiger charge is 2.09. The molecule has 0 spiro atoms. The molecule has 0 aliphatic rings. The normalized spacial score (nSPS) is 10.7. The third-order valence-electron chi connectivity index (χ3n) is 3.65. The molecule has 0 unspecified atom stereocenters. The van der Waals surface area contributed by atoms with Crippen LogP contribution in [0.1, 0.15) is 12.0 Å². The molecule has 2 aromatic carbocycles. The largest absolute Gasteiger partial charge is 0.399 e. The molecule has 3 nitrogen and oxygen atoms in total. The van der Waals surface area contributed by atoms with Crippen molar-refractivity contribution in [2.45, 2.75) is 19.4 Å². The van der Waals surface area contributed by atoms with Crippen LogP contribution in [0.25, 0.3) is 11.3 Å². The molecule has 0 radical (unpaired) electrons. The van der Waals surface area contributed by atoms with Crippen LogP contribution in [0.5, 0.6) is 0 Å². The van der Waals surface area contributed by atoms with Crippen LogP contribution in [0.15, 0.2) is 64.8 Å². The van der Waals surface area contributed by atoms with Crippen molar-refractivity contribution in [2.75, 3.05) is 5.73 Å². The van der Waals surface area contributed by atoms with Gasteiger partial charge in [-0.1, -0.05) is 53.8 Å². The van der Waals surface area contributed by atoms with E-state index in [1.807, 2.05) is 52.4 Å². The lowest BCUT2D eigenvalue weighted by Gasteiger charge is -2.08. The minimum absolute atomic E-state index is 0.0884. The van der Waals surface area contributed by atoms with Crippen LogP contribution in [0.3, 0.4) is 0 Å². The quantitative estimate of drug-likeness (QED) is 0.729. The maximum Gasteiger partial charge on any atom is 0.307 e. The summed E-state index contributed by atoms with van der Waals surface area (Å²) in [5, 5.41) is 1.92. The van der Waals surface area contributed by atoms with Crippen LogP contribution in [0.4, 0.5) is 5.69 Å². The van der Waals surface area contributed by atoms with E-state index < -0.39 is 0 Å². The maximum absolute atomic E-state index is 12.1. The smallest absolute Gasteiger partial charge is 0.307 e. The Kier molecular flexibility index (Phi) is 4.39. The molecule has 0 saturated carbocycles. The zero-order chi connectivity index (χ0) is 15.4. The van der Waals surface area contributed by atoms with Gasteiger partial charge in [-0.2, -0.15) is 0 Å². The molecule has 1 heterocycles. The zero-order valence-electron chi connectivity index (χ0n) is 12.2. The molecule has 3 aromatic rings. The van der Waals surface area contributed by atoms with Gasteiger partial charge in [0.1, 0.15) is 0 Å². The number of thiazole rings is 1. The number of nitrogens with zero attached hydrogens (tertiary/aromatic N) is 1. The molecule has 1 aromatic heterocycles. The van der Waals surface area contributed by atoms with Gasteiger partial charge in [-0.25, -0.2) is 0 Å². The Morgan fingerprint density at radius 1 is 1.05 bits per heavy atom. The van der Waals surface area contributed by atoms with Crippen molar-refractivity contribution in [3.05, 3.63) is 75.2 Å². The molecule has 22 heavy (non-hydrogen) atoms. The standard InChI is InChI=1S/C18H18N2OS/c19-16-10-4-9-15(12-16)17-13-22-18(21)20(17)11-5-8-14-6-2-1-3-7-14/h1-4,6-7,9-10,12-13H,5,8,11,19H2. The van der Waals surface area contributed by atoms with Gasteiger partial charge in [0.05, 0.1) is 5.69 Å². The van der Waals surface area contributed by atoms with Crippen molar-refractivity contribution in [2.24, 2.45) is 0 Å². The van der Waals surface area contributed by atoms with Gasteiger partial charge in [-0.05, 0) is 30.5 Å². The van der Waals surface area contributed by atoms with Crippen molar-refractivity contribution in [3.8, 4) is 11.3 Å². The molecular weight excluding hydrogens is 292 g/mol. The molecule has 0 bridgehead atoms. The monoisotopic (exact) mass is 310 g/mol. The highest BCUT2D eigenvalue weighted by Crippen LogP contribution is 2.22. The fourth-order valence-electron chi connectivity index (χ4n) is 2.55. The Balaban J connectivity index is 1.77. The lowest BCUT2D eigenvalue weighted by Crippen LogP contribution is -2.14. The summed E-state index contributed by atoms with van der Waals surface area (Å²) >= 11 is 1.24. The molecular formula is C18H18N2OS. The van der Waals surface area contributed by atoms with E-state index in [0.29, 0.717) is 5.69 Å². The van der Waals surface area contributed by atoms with Gasteiger partial charge in [0.15, 0.2) is 0 Å². The number of nitrogens with two attached hydrogens (primary N) is 1. The zero-order valence-corrected chi connectivity index (χ0v) is 13.1. The summed E-state index contributed by atoms with van der Waals surface area (Å²) in [6.45, 7) is 0.724. The molecule has 4 heteroatoms. The Morgan fingerprint density at radius 3 is 2.64 bits per heavy atom. The van der Waals surface area contributed by atoms with E-state index >= 15 is 0 Å². The van der Waals surface area contributed by atoms with Gasteiger partial charge in [-0.3, -0.25) is 9.36 Å². The fraction of sp³-hybridized carbons (Fsp3) is 0.167. The van der Waals surface area contributed by atoms with Crippen LogP contribution in [-0.4, -0.2) is 4.57 Å². The number of aryl methyl sites for hydroxylation is 1. The van der Waals surface area contributed by atoms with Crippen molar-refractivity contribution in [3.63, 3.8) is 0 Å². The van der Waals surface area contributed by atoms with Crippen LogP contribution >= 0.6 is 11.3 Å². The van der Waals surface area contributed by atoms with Crippen LogP contribution in [-0.2, 0) is 13.0 Å². The Labute approximate surface area is 133 Å². The highest BCUT2D eigenvalue weighted by molar-refractivity contribution is 7.07. The van der Waals surface area contributed by atoms with Crippen molar-refractivity contribution in [1.29, 1.82) is 0 Å². The van der Waals surface area contributed by atoms with E-state index in [-0.39, 0.29) is 4.87 Å². The SMILES string of the molecule is Nc1cccc(-c2csc(=O)n2CCCc2ccccc2)c1. The second-order valence-corrected chi connectivity index (χ2v) is 6.07. The topological polar surface area (TPSA) is 48.0 Å². The number of rotatable bonds is 5. The Morgan fingerprint density at radius 2 is 1.86 bits per heavy atom. The number of aromatic nitrogens is 1. The molecule has 0 aliphatic carbocycles. The minimum Gasteiger partial charge on any atom is -0.399 e. The highest BCUT2D eigenvalue weighted by atomic mass is 32.1. The first kappa shape index (κ1) is 14.6. The number of nitrogen functional groups attached to an aromatic ring is 1. The second kappa shape index (κ2) is 6.62. The number of hydrogen-bond acceptors (Lipinski definition) is 3. The van der Waals surface area contributed by atoms with Gasteiger partial charge in [0, 0.05) is 23.2 Å². The van der Waals surface area contributed by atoms with E-state index in [9.17, 15) is 4.79 Å². The first-order valence-corrected chi connectivity index (χ1v) is 8.20. The molecule has 0 saturated heterocycles. The summed E-state index contributed by atoms with van der Waals surface area (Å²) in [4.78, 5) is 12.2. The predicted molar refractivity (Wildman–Crippen MR) is 93.2 cm³/mol. The summed E-state index contributed by atoms with van der Waals surface area (Å²) in [6.07, 6.45) is 1.91. The lowest BCUT2D eigenvalue weighted by atomic mass is 10.1. The summed E-state index contributed by atoms with van der Waals surface area (Å²) in [7, 11) is 0. The van der Waals surface area contributed by atoms with Gasteiger partial charge in [0.25, 0.3) is 0 Å². The van der Waals surface area contributed by atoms with E-state index in [1.54, 1.807) is 0 Å². The van der Waals surface area contributed by atoms with Gasteiger partial charge in [-0.15, -0.1) is 0 Å². The van der Waals surface area contributed by atoms with Gasteiger partial charge < -0.3 is 5.73 Å². The number of anilines is 1. The van der Waals surface area contributed by atoms with Crippen molar-refractivity contribution in [1.82, 2.24) is 4.57 Å². The molecule has 0 aliphatic heterocycles. The van der Waals surface area contributed by atoms with Crippen LogP contribution in [0, 0.1) is 0 Å². The first-order chi connectivity index (χ1) is 10.7. The number of benzene rings is 2.